The van der Waals surface area contributed by atoms with Gasteiger partial charge in [-0.05, 0) is 219 Å². The molecule has 0 aliphatic carbocycles. The number of nitrogens with zero attached hydrogens (tertiary/aromatic N) is 4. The van der Waals surface area contributed by atoms with Gasteiger partial charge >= 0.3 is 108 Å². The number of phosphoric ester groups is 3. The number of rotatable bonds is 22. The van der Waals surface area contributed by atoms with Crippen LogP contribution in [-0.2, 0) is 65.8 Å². The zero-order valence-electron chi connectivity index (χ0n) is 73.9. The minimum Gasteiger partial charge on any atom is -0.780 e. The van der Waals surface area contributed by atoms with E-state index in [9.17, 15) is 105 Å². The molecule has 57 heteroatoms. The number of fused-ring (bicyclic) bond motifs is 4. The number of hydrogen-bond acceptors (Lipinski definition) is 27. The molecule has 7 N–H and O–H groups in total. The van der Waals surface area contributed by atoms with Gasteiger partial charge in [-0.3, -0.25) is 59.3 Å². The number of alkyl halides is 12. The third kappa shape index (κ3) is 39.0. The van der Waals surface area contributed by atoms with Crippen LogP contribution in [0, 0.1) is 27.7 Å². The summed E-state index contributed by atoms with van der Waals surface area (Å²) in [6.07, 6.45) is -14.9. The standard InChI is InChI=1S/C20H19ClF3N2O5PS.2C16H11ClF3N2O5PS.C16H10ClF3N2O2S.C5H10O.C4H10O3P.C3H9ISi.2Na/c1-4-29-32(28,30-5-2)31-17-11(3)8-13(21)10-14(17)18(27)26-19-25-15-7-6-12(20(22,23)24)9-16(15)33-19;2*1-7-4-9(17)6-10(13(7)27-28(24,25)26)14(23)22-15-21-11-3-2-8(16(18,19)20)5-12(11)29-15;1-7-4-9(17)6-10(13(7)23)14(24)22-15-21-11-3-2-8(16(18,19)20)5-12(11)25-15;1-5-3-2-4-6-5;1-3-6-8(5)7-4-2;1-5(2,3)4;;/h6-10H,4-5H2,1-3H3,(H,25,26,27);2*2-6H,1H3,(H,21,22,23)(H2,24,25,26);2-6,23H,1H3,(H,21,22,24);5H,2-4H2,1H3;3-4H2,1-2H3;1-3H3;;/q;;;;;+1;;2*+1/p-2. The first kappa shape index (κ1) is 122. The van der Waals surface area contributed by atoms with Crippen molar-refractivity contribution in [3.05, 3.63) is 208 Å². The average molecular weight is 2310 g/mol. The maximum atomic E-state index is 13.0. The Kier molecular flexibility index (Phi) is 46.6. The number of ether oxygens (including phenoxy) is 1. The molecule has 0 bridgehead atoms. The molecular formula is C80H78Cl4F12IN8Na2O21P4S4Si+. The maximum absolute atomic E-state index is 13.0. The molecule has 1 atom stereocenters. The molecule has 137 heavy (non-hydrogen) atoms. The fraction of sp³-hybridized carbons (Fsp3) is 0.300. The quantitative estimate of drug-likeness (QED) is 0.0109. The van der Waals surface area contributed by atoms with Crippen molar-refractivity contribution >= 4 is 236 Å². The molecule has 4 aromatic heterocycles. The molecule has 5 heterocycles. The van der Waals surface area contributed by atoms with E-state index in [0.717, 1.165) is 119 Å². The third-order valence-electron chi connectivity index (χ3n) is 16.5. The number of nitrogens with one attached hydrogen (secondary N) is 4. The Morgan fingerprint density at radius 1 is 0.482 bits per heavy atom. The number of aryl methyl sites for hydroxylation is 4. The Labute approximate surface area is 868 Å². The van der Waals surface area contributed by atoms with E-state index in [1.165, 1.54) is 81.3 Å². The molecule has 0 radical (unpaired) electrons. The van der Waals surface area contributed by atoms with Gasteiger partial charge in [-0.2, -0.15) is 52.7 Å². The number of anilines is 4. The first-order valence-electron chi connectivity index (χ1n) is 38.6. The smallest absolute Gasteiger partial charge is 0.780 e. The molecular weight excluding hydrogens is 2230 g/mol. The molecule has 1 unspecified atom stereocenters. The van der Waals surface area contributed by atoms with E-state index in [1.54, 1.807) is 41.5 Å². The van der Waals surface area contributed by atoms with Crippen molar-refractivity contribution in [3.63, 3.8) is 0 Å². The third-order valence-corrected chi connectivity index (χ3v) is 24.5. The van der Waals surface area contributed by atoms with Crippen molar-refractivity contribution < 1.29 is 210 Å². The Bertz CT molecular complexity index is 6260. The van der Waals surface area contributed by atoms with Crippen LogP contribution in [0.3, 0.4) is 0 Å². The number of phenolic OH excluding ortho intramolecular Hbond substituents is 1. The van der Waals surface area contributed by atoms with Crippen LogP contribution in [0.15, 0.2) is 121 Å². The maximum Gasteiger partial charge on any atom is 1.00 e. The van der Waals surface area contributed by atoms with E-state index >= 15 is 0 Å². The fourth-order valence-corrected chi connectivity index (χ4v) is 18.4. The monoisotopic (exact) mass is 2310 g/mol. The Hall–Kier alpha value is -5.90. The molecule has 29 nitrogen and oxygen atoms in total. The number of carbonyl (C=O) groups is 4. The summed E-state index contributed by atoms with van der Waals surface area (Å²) in [4.78, 5) is 107. The summed E-state index contributed by atoms with van der Waals surface area (Å²) in [5.74, 6) is -4.29. The van der Waals surface area contributed by atoms with Gasteiger partial charge in [-0.15, -0.1) is 30.8 Å². The number of halogens is 17. The van der Waals surface area contributed by atoms with Gasteiger partial charge in [0.15, 0.2) is 20.5 Å². The van der Waals surface area contributed by atoms with Crippen molar-refractivity contribution in [1.29, 1.82) is 0 Å². The molecule has 1 aliphatic heterocycles. The van der Waals surface area contributed by atoms with Crippen molar-refractivity contribution in [2.24, 2.45) is 0 Å². The summed E-state index contributed by atoms with van der Waals surface area (Å²) in [6.45, 7) is 23.8. The first-order chi connectivity index (χ1) is 62.5. The van der Waals surface area contributed by atoms with E-state index in [-0.39, 0.29) is 193 Å². The summed E-state index contributed by atoms with van der Waals surface area (Å²) < 4.78 is 239. The Morgan fingerprint density at radius 3 is 0.993 bits per heavy atom. The predicted molar refractivity (Wildman–Crippen MR) is 502 cm³/mol. The van der Waals surface area contributed by atoms with Crippen LogP contribution in [0.2, 0.25) is 39.7 Å². The van der Waals surface area contributed by atoms with E-state index < -0.39 is 114 Å². The number of aromatic nitrogens is 4. The second-order valence-electron chi connectivity index (χ2n) is 28.5. The molecule has 0 saturated carbocycles. The van der Waals surface area contributed by atoms with Gasteiger partial charge in [0.05, 0.1) is 105 Å². The van der Waals surface area contributed by atoms with E-state index in [4.69, 9.17) is 74.5 Å². The zero-order valence-corrected chi connectivity index (χ0v) is 90.9. The number of aromatic hydroxyl groups is 1. The van der Waals surface area contributed by atoms with Crippen LogP contribution in [-0.4, -0.2) is 103 Å². The normalized spacial score (nSPS) is 12.8. The largest absolute Gasteiger partial charge is 1.00 e. The van der Waals surface area contributed by atoms with Gasteiger partial charge in [0.25, 0.3) is 23.6 Å². The molecule has 1 fully saturated rings. The first-order valence-corrected chi connectivity index (χ1v) is 55.6. The number of carbonyl (C=O) groups excluding carboxylic acids is 4. The molecule has 1 aliphatic rings. The number of amides is 4. The van der Waals surface area contributed by atoms with Gasteiger partial charge in [-0.1, -0.05) is 111 Å². The SMILES string of the molecule is CC1CCCO1.CCOP(=O)(OCC)Oc1c(C)cc(Cl)cc1C(=O)Nc1nc2ccc(C(F)(F)F)cc2s1.CCO[P+](=O)OCC.C[Si](C)(C)I.Cc1cc(Cl)cc(C(=O)Nc2nc3ccc(C(F)(F)F)cc3s2)c1O.Cc1cc(Cl)cc(C(=O)Nc2nc3ccc(C(F)(F)F)cc3s2)c1OP(=O)(O)O.Cc1cc(Cl)cc(C(=O)Nc2nc3ccc(C(F)(F)F)cc3s2)c1OP(=O)([O-])[O-].[Na+].[Na+]. The van der Waals surface area contributed by atoms with Crippen molar-refractivity contribution in [2.75, 3.05) is 54.3 Å². The minimum atomic E-state index is -5.47. The molecule has 13 rings (SSSR count). The van der Waals surface area contributed by atoms with E-state index in [2.05, 4.69) is 108 Å². The Morgan fingerprint density at radius 2 is 0.752 bits per heavy atom. The van der Waals surface area contributed by atoms with E-state index in [0.29, 0.717) is 41.5 Å². The topological polar surface area (TPSA) is 417 Å². The number of phosphoric acid groups is 3. The second-order valence-corrected chi connectivity index (χ2v) is 53.0. The summed E-state index contributed by atoms with van der Waals surface area (Å²) in [7, 11) is -16.3. The predicted octanol–water partition coefficient (Wildman–Crippen LogP) is 20.2. The minimum absolute atomic E-state index is 0. The van der Waals surface area contributed by atoms with Crippen LogP contribution >= 0.6 is 145 Å². The molecule has 12 aromatic rings. The number of thiazole rings is 4. The van der Waals surface area contributed by atoms with Gasteiger partial charge in [0.1, 0.15) is 49.6 Å². The molecule has 8 aromatic carbocycles. The van der Waals surface area contributed by atoms with E-state index in [1.807, 2.05) is 0 Å². The molecule has 732 valence electrons. The Balaban J connectivity index is 0.000000301. The summed E-state index contributed by atoms with van der Waals surface area (Å²) >= 11 is 29.7. The van der Waals surface area contributed by atoms with Crippen molar-refractivity contribution in [3.8, 4) is 23.0 Å². The van der Waals surface area contributed by atoms with Crippen molar-refractivity contribution in [2.45, 2.75) is 126 Å². The number of hydrogen-bond donors (Lipinski definition) is 7. The van der Waals surface area contributed by atoms with Crippen molar-refractivity contribution in [1.82, 2.24) is 19.9 Å². The fourth-order valence-electron chi connectivity index (χ4n) is 11.0. The number of phenols is 1. The number of benzene rings is 8. The van der Waals surface area contributed by atoms with Crippen LogP contribution in [0.4, 0.5) is 73.2 Å². The average Bonchev–Trinajstić information content (AvgIpc) is 1.23. The second kappa shape index (κ2) is 52.6. The molecule has 4 amide bonds. The van der Waals surface area contributed by atoms with Crippen LogP contribution < -0.4 is 104 Å². The van der Waals surface area contributed by atoms with Gasteiger partial charge < -0.3 is 37.8 Å². The van der Waals surface area contributed by atoms with Gasteiger partial charge in [-0.25, -0.2) is 29.1 Å². The van der Waals surface area contributed by atoms with Crippen LogP contribution in [0.25, 0.3) is 40.9 Å². The molecule has 0 spiro atoms. The van der Waals surface area contributed by atoms with Gasteiger partial charge in [0.2, 0.25) is 0 Å². The summed E-state index contributed by atoms with van der Waals surface area (Å²) in [5.41, 5.74) is -2.47. The van der Waals surface area contributed by atoms with Gasteiger partial charge in [0, 0.05) is 31.3 Å². The van der Waals surface area contributed by atoms with Crippen LogP contribution in [0.5, 0.6) is 23.0 Å². The zero-order chi connectivity index (χ0) is 101. The van der Waals surface area contributed by atoms with Crippen LogP contribution in [0.1, 0.15) is 133 Å². The summed E-state index contributed by atoms with van der Waals surface area (Å²) in [5, 5.41) is 20.5. The molecule has 1 saturated heterocycles. The summed E-state index contributed by atoms with van der Waals surface area (Å²) in [6, 6.07) is 22.6.